The molecule has 0 fully saturated rings. The standard InChI is InChI=1S/C16H19NO2/c1-12(17)13-7-9-15(10-8-13)19-11-16(18)14-5-3-2-4-6-14/h2-10,12,16,18H,11,17H2,1H3/t12-,16?/m0/s1. The molecule has 0 aliphatic heterocycles. The zero-order chi connectivity index (χ0) is 13.7. The molecule has 3 nitrogen and oxygen atoms in total. The Morgan fingerprint density at radius 1 is 1.00 bits per heavy atom. The number of nitrogens with two attached hydrogens (primary N) is 1. The highest BCUT2D eigenvalue weighted by atomic mass is 16.5. The Hall–Kier alpha value is -1.84. The Bertz CT molecular complexity index is 494. The zero-order valence-electron chi connectivity index (χ0n) is 11.0. The molecule has 1 unspecified atom stereocenters. The maximum atomic E-state index is 9.98. The maximum absolute atomic E-state index is 9.98. The summed E-state index contributed by atoms with van der Waals surface area (Å²) in [6.45, 7) is 2.18. The molecule has 0 saturated carbocycles. The van der Waals surface area contributed by atoms with Crippen LogP contribution in [0.4, 0.5) is 0 Å². The fourth-order valence-corrected chi connectivity index (χ4v) is 1.81. The van der Waals surface area contributed by atoms with E-state index < -0.39 is 6.10 Å². The summed E-state index contributed by atoms with van der Waals surface area (Å²) in [6.07, 6.45) is -0.616. The van der Waals surface area contributed by atoms with Crippen molar-refractivity contribution in [3.8, 4) is 5.75 Å². The topological polar surface area (TPSA) is 55.5 Å². The first-order chi connectivity index (χ1) is 9.16. The molecule has 2 aromatic rings. The van der Waals surface area contributed by atoms with Crippen LogP contribution in [0.3, 0.4) is 0 Å². The molecule has 19 heavy (non-hydrogen) atoms. The van der Waals surface area contributed by atoms with Gasteiger partial charge in [0.05, 0.1) is 0 Å². The summed E-state index contributed by atoms with van der Waals surface area (Å²) in [7, 11) is 0. The van der Waals surface area contributed by atoms with Gasteiger partial charge in [-0.05, 0) is 30.2 Å². The van der Waals surface area contributed by atoms with Crippen molar-refractivity contribution in [1.29, 1.82) is 0 Å². The first-order valence-electron chi connectivity index (χ1n) is 6.38. The number of rotatable bonds is 5. The molecule has 0 aliphatic rings. The number of ether oxygens (including phenoxy) is 1. The van der Waals surface area contributed by atoms with Crippen LogP contribution in [0.15, 0.2) is 54.6 Å². The van der Waals surface area contributed by atoms with Crippen LogP contribution in [0.25, 0.3) is 0 Å². The van der Waals surface area contributed by atoms with Gasteiger partial charge >= 0.3 is 0 Å². The van der Waals surface area contributed by atoms with E-state index in [4.69, 9.17) is 10.5 Å². The third-order valence-electron chi connectivity index (χ3n) is 3.00. The summed E-state index contributed by atoms with van der Waals surface area (Å²) >= 11 is 0. The van der Waals surface area contributed by atoms with Gasteiger partial charge in [0.1, 0.15) is 18.5 Å². The fraction of sp³-hybridized carbons (Fsp3) is 0.250. The third-order valence-corrected chi connectivity index (χ3v) is 3.00. The SMILES string of the molecule is C[C@H](N)c1ccc(OCC(O)c2ccccc2)cc1. The zero-order valence-corrected chi connectivity index (χ0v) is 11.0. The van der Waals surface area contributed by atoms with Crippen molar-refractivity contribution in [3.05, 3.63) is 65.7 Å². The predicted molar refractivity (Wildman–Crippen MR) is 75.9 cm³/mol. The van der Waals surface area contributed by atoms with Crippen molar-refractivity contribution >= 4 is 0 Å². The van der Waals surface area contributed by atoms with Crippen molar-refractivity contribution in [1.82, 2.24) is 0 Å². The molecule has 0 aromatic heterocycles. The molecule has 0 aliphatic carbocycles. The summed E-state index contributed by atoms with van der Waals surface area (Å²) in [5, 5.41) is 9.98. The molecule has 3 heteroatoms. The Labute approximate surface area is 113 Å². The average Bonchev–Trinajstić information content (AvgIpc) is 2.46. The van der Waals surface area contributed by atoms with Gasteiger partial charge in [0.25, 0.3) is 0 Å². The number of hydrogen-bond donors (Lipinski definition) is 2. The van der Waals surface area contributed by atoms with Crippen LogP contribution in [0, 0.1) is 0 Å². The van der Waals surface area contributed by atoms with E-state index in [1.165, 1.54) is 0 Å². The molecule has 2 aromatic carbocycles. The van der Waals surface area contributed by atoms with Gasteiger partial charge in [0.2, 0.25) is 0 Å². The Morgan fingerprint density at radius 3 is 2.21 bits per heavy atom. The normalized spacial score (nSPS) is 13.8. The minimum Gasteiger partial charge on any atom is -0.491 e. The van der Waals surface area contributed by atoms with E-state index in [9.17, 15) is 5.11 Å². The molecule has 0 heterocycles. The highest BCUT2D eigenvalue weighted by Gasteiger charge is 2.07. The average molecular weight is 257 g/mol. The first kappa shape index (κ1) is 13.6. The fourth-order valence-electron chi connectivity index (χ4n) is 1.81. The highest BCUT2D eigenvalue weighted by Crippen LogP contribution is 2.18. The van der Waals surface area contributed by atoms with E-state index in [1.807, 2.05) is 61.5 Å². The van der Waals surface area contributed by atoms with Crippen molar-refractivity contribution < 1.29 is 9.84 Å². The lowest BCUT2D eigenvalue weighted by molar-refractivity contribution is 0.108. The summed E-state index contributed by atoms with van der Waals surface area (Å²) in [6, 6.07) is 17.1. The molecule has 0 amide bonds. The van der Waals surface area contributed by atoms with Gasteiger partial charge in [-0.25, -0.2) is 0 Å². The van der Waals surface area contributed by atoms with E-state index in [1.54, 1.807) is 0 Å². The Morgan fingerprint density at radius 2 is 1.63 bits per heavy atom. The minimum absolute atomic E-state index is 0.0176. The first-order valence-corrected chi connectivity index (χ1v) is 6.38. The van der Waals surface area contributed by atoms with Crippen molar-refractivity contribution in [2.24, 2.45) is 5.73 Å². The van der Waals surface area contributed by atoms with E-state index in [0.29, 0.717) is 0 Å². The van der Waals surface area contributed by atoms with Crippen LogP contribution in [0.5, 0.6) is 5.75 Å². The molecule has 2 rings (SSSR count). The van der Waals surface area contributed by atoms with Gasteiger partial charge in [-0.3, -0.25) is 0 Å². The van der Waals surface area contributed by atoms with Crippen LogP contribution >= 0.6 is 0 Å². The molecular weight excluding hydrogens is 238 g/mol. The second-order valence-electron chi connectivity index (χ2n) is 4.60. The van der Waals surface area contributed by atoms with Crippen molar-refractivity contribution in [2.45, 2.75) is 19.1 Å². The second kappa shape index (κ2) is 6.36. The molecule has 3 N–H and O–H groups in total. The molecule has 0 bridgehead atoms. The number of benzene rings is 2. The van der Waals surface area contributed by atoms with Gasteiger partial charge in [0.15, 0.2) is 0 Å². The highest BCUT2D eigenvalue weighted by molar-refractivity contribution is 5.29. The predicted octanol–water partition coefficient (Wildman–Crippen LogP) is 2.82. The summed E-state index contributed by atoms with van der Waals surface area (Å²) < 4.78 is 5.57. The molecule has 0 spiro atoms. The summed E-state index contributed by atoms with van der Waals surface area (Å²) in [5.41, 5.74) is 7.70. The molecule has 0 radical (unpaired) electrons. The van der Waals surface area contributed by atoms with Crippen LogP contribution in [-0.2, 0) is 0 Å². The van der Waals surface area contributed by atoms with Crippen LogP contribution in [0.1, 0.15) is 30.2 Å². The monoisotopic (exact) mass is 257 g/mol. The Kier molecular flexibility index (Phi) is 4.55. The second-order valence-corrected chi connectivity index (χ2v) is 4.60. The van der Waals surface area contributed by atoms with E-state index in [0.717, 1.165) is 16.9 Å². The Balaban J connectivity index is 1.92. The summed E-state index contributed by atoms with van der Waals surface area (Å²) in [4.78, 5) is 0. The van der Waals surface area contributed by atoms with Crippen LogP contribution < -0.4 is 10.5 Å². The quantitative estimate of drug-likeness (QED) is 0.866. The van der Waals surface area contributed by atoms with Gasteiger partial charge in [0, 0.05) is 6.04 Å². The van der Waals surface area contributed by atoms with E-state index in [2.05, 4.69) is 0 Å². The largest absolute Gasteiger partial charge is 0.491 e. The van der Waals surface area contributed by atoms with Gasteiger partial charge in [-0.1, -0.05) is 42.5 Å². The molecule has 100 valence electrons. The van der Waals surface area contributed by atoms with Gasteiger partial charge in [-0.15, -0.1) is 0 Å². The van der Waals surface area contributed by atoms with Gasteiger partial charge < -0.3 is 15.6 Å². The van der Waals surface area contributed by atoms with Crippen molar-refractivity contribution in [3.63, 3.8) is 0 Å². The number of aliphatic hydroxyl groups excluding tert-OH is 1. The maximum Gasteiger partial charge on any atom is 0.119 e. The summed E-state index contributed by atoms with van der Waals surface area (Å²) in [5.74, 6) is 0.736. The lowest BCUT2D eigenvalue weighted by Gasteiger charge is -2.13. The molecule has 0 saturated heterocycles. The van der Waals surface area contributed by atoms with Gasteiger partial charge in [-0.2, -0.15) is 0 Å². The third kappa shape index (κ3) is 3.81. The number of aliphatic hydroxyl groups is 1. The van der Waals surface area contributed by atoms with E-state index >= 15 is 0 Å². The van der Waals surface area contributed by atoms with Crippen LogP contribution in [0.2, 0.25) is 0 Å². The number of hydrogen-bond acceptors (Lipinski definition) is 3. The van der Waals surface area contributed by atoms with Crippen LogP contribution in [-0.4, -0.2) is 11.7 Å². The molecule has 2 atom stereocenters. The van der Waals surface area contributed by atoms with E-state index in [-0.39, 0.29) is 12.6 Å². The lowest BCUT2D eigenvalue weighted by atomic mass is 10.1. The smallest absolute Gasteiger partial charge is 0.119 e. The minimum atomic E-state index is -0.616. The van der Waals surface area contributed by atoms with Crippen molar-refractivity contribution in [2.75, 3.05) is 6.61 Å². The molecular formula is C16H19NO2. The lowest BCUT2D eigenvalue weighted by Crippen LogP contribution is -2.10.